The van der Waals surface area contributed by atoms with Crippen molar-refractivity contribution >= 4 is 27.5 Å². The number of halogens is 4. The number of carbonyl (C=O) groups is 1. The molecule has 1 aliphatic heterocycles. The van der Waals surface area contributed by atoms with Crippen LogP contribution in [-0.2, 0) is 11.2 Å². The van der Waals surface area contributed by atoms with Crippen LogP contribution in [0.1, 0.15) is 5.56 Å². The number of benzene rings is 2. The smallest absolute Gasteiger partial charge is 0.489 e. The zero-order valence-corrected chi connectivity index (χ0v) is 14.4. The standard InChI is InChI=1S/C17H13BrF3NO3/c18-12-4-5-14-15(10-12)24-7-6-22(14)16(23)9-11-2-1-3-13(8-11)25-17(19,20)21/h1-5,8,10H,6-7,9H2. The minimum absolute atomic E-state index is 0.0371. The monoisotopic (exact) mass is 415 g/mol. The normalized spacial score (nSPS) is 13.8. The number of nitrogens with zero attached hydrogens (tertiary/aromatic N) is 1. The molecule has 0 saturated carbocycles. The Kier molecular flexibility index (Phi) is 4.89. The maximum absolute atomic E-state index is 12.6. The molecular formula is C17H13BrF3NO3. The topological polar surface area (TPSA) is 38.8 Å². The van der Waals surface area contributed by atoms with E-state index in [0.29, 0.717) is 30.2 Å². The van der Waals surface area contributed by atoms with Crippen molar-refractivity contribution in [2.75, 3.05) is 18.1 Å². The lowest BCUT2D eigenvalue weighted by Gasteiger charge is -2.29. The van der Waals surface area contributed by atoms with Crippen LogP contribution in [0.15, 0.2) is 46.9 Å². The summed E-state index contributed by atoms with van der Waals surface area (Å²) in [6.45, 7) is 0.735. The van der Waals surface area contributed by atoms with E-state index < -0.39 is 6.36 Å². The number of carbonyl (C=O) groups excluding carboxylic acids is 1. The molecule has 0 atom stereocenters. The number of hydrogen-bond acceptors (Lipinski definition) is 3. The van der Waals surface area contributed by atoms with Gasteiger partial charge in [-0.2, -0.15) is 0 Å². The van der Waals surface area contributed by atoms with E-state index in [1.54, 1.807) is 29.2 Å². The maximum atomic E-state index is 12.6. The summed E-state index contributed by atoms with van der Waals surface area (Å²) in [5, 5.41) is 0. The Morgan fingerprint density at radius 1 is 1.24 bits per heavy atom. The Labute approximate surface area is 150 Å². The lowest BCUT2D eigenvalue weighted by Crippen LogP contribution is -2.38. The molecule has 0 aliphatic carbocycles. The van der Waals surface area contributed by atoms with Gasteiger partial charge in [0.25, 0.3) is 0 Å². The minimum Gasteiger partial charge on any atom is -0.489 e. The van der Waals surface area contributed by atoms with Gasteiger partial charge in [0.2, 0.25) is 5.91 Å². The Morgan fingerprint density at radius 3 is 2.80 bits per heavy atom. The Morgan fingerprint density at radius 2 is 2.04 bits per heavy atom. The average molecular weight is 416 g/mol. The van der Waals surface area contributed by atoms with Crippen molar-refractivity contribution in [1.29, 1.82) is 0 Å². The molecule has 0 unspecified atom stereocenters. The second kappa shape index (κ2) is 6.95. The Bertz CT molecular complexity index is 795. The molecule has 132 valence electrons. The second-order valence-corrected chi connectivity index (χ2v) is 6.29. The summed E-state index contributed by atoms with van der Waals surface area (Å²) in [5.41, 5.74) is 1.08. The fraction of sp³-hybridized carbons (Fsp3) is 0.235. The maximum Gasteiger partial charge on any atom is 0.573 e. The fourth-order valence-corrected chi connectivity index (χ4v) is 2.92. The van der Waals surface area contributed by atoms with Crippen molar-refractivity contribution in [3.63, 3.8) is 0 Å². The van der Waals surface area contributed by atoms with Crippen LogP contribution in [0.25, 0.3) is 0 Å². The van der Waals surface area contributed by atoms with Crippen LogP contribution in [0, 0.1) is 0 Å². The molecule has 0 saturated heterocycles. The molecule has 0 radical (unpaired) electrons. The summed E-state index contributed by atoms with van der Waals surface area (Å²) in [4.78, 5) is 14.2. The molecule has 4 nitrogen and oxygen atoms in total. The highest BCUT2D eigenvalue weighted by molar-refractivity contribution is 9.10. The number of alkyl halides is 3. The third-order valence-corrected chi connectivity index (χ3v) is 4.07. The van der Waals surface area contributed by atoms with E-state index in [-0.39, 0.29) is 18.1 Å². The first-order valence-electron chi connectivity index (χ1n) is 7.39. The largest absolute Gasteiger partial charge is 0.573 e. The van der Waals surface area contributed by atoms with E-state index in [4.69, 9.17) is 4.74 Å². The number of ether oxygens (including phenoxy) is 2. The summed E-state index contributed by atoms with van der Waals surface area (Å²) in [6.07, 6.45) is -4.80. The van der Waals surface area contributed by atoms with E-state index in [1.807, 2.05) is 0 Å². The molecule has 1 aliphatic rings. The van der Waals surface area contributed by atoms with Gasteiger partial charge in [-0.15, -0.1) is 13.2 Å². The highest BCUT2D eigenvalue weighted by Gasteiger charge is 2.31. The highest BCUT2D eigenvalue weighted by atomic mass is 79.9. The molecule has 3 rings (SSSR count). The molecular weight excluding hydrogens is 403 g/mol. The van der Waals surface area contributed by atoms with Crippen molar-refractivity contribution in [2.24, 2.45) is 0 Å². The van der Waals surface area contributed by atoms with E-state index in [2.05, 4.69) is 20.7 Å². The van der Waals surface area contributed by atoms with E-state index in [1.165, 1.54) is 18.2 Å². The highest BCUT2D eigenvalue weighted by Crippen LogP contribution is 2.34. The number of hydrogen-bond donors (Lipinski definition) is 0. The van der Waals surface area contributed by atoms with Crippen LogP contribution in [0.5, 0.6) is 11.5 Å². The van der Waals surface area contributed by atoms with Crippen LogP contribution in [0.4, 0.5) is 18.9 Å². The van der Waals surface area contributed by atoms with Crippen LogP contribution >= 0.6 is 15.9 Å². The predicted octanol–water partition coefficient (Wildman–Crippen LogP) is 4.32. The fourth-order valence-electron chi connectivity index (χ4n) is 2.58. The Hall–Kier alpha value is -2.22. The van der Waals surface area contributed by atoms with E-state index in [9.17, 15) is 18.0 Å². The number of rotatable bonds is 3. The quantitative estimate of drug-likeness (QED) is 0.749. The summed E-state index contributed by atoms with van der Waals surface area (Å²) in [6, 6.07) is 10.8. The Balaban J connectivity index is 1.77. The van der Waals surface area contributed by atoms with Crippen molar-refractivity contribution in [2.45, 2.75) is 12.8 Å². The van der Waals surface area contributed by atoms with Gasteiger partial charge in [0.15, 0.2) is 0 Å². The third-order valence-electron chi connectivity index (χ3n) is 3.57. The first-order valence-corrected chi connectivity index (χ1v) is 8.18. The number of anilines is 1. The molecule has 2 aromatic rings. The molecule has 25 heavy (non-hydrogen) atoms. The van der Waals surface area contributed by atoms with Gasteiger partial charge in [0.05, 0.1) is 18.7 Å². The first kappa shape index (κ1) is 17.6. The number of amides is 1. The summed E-state index contributed by atoms with van der Waals surface area (Å²) in [5.74, 6) is 0.0169. The molecule has 0 aromatic heterocycles. The average Bonchev–Trinajstić information content (AvgIpc) is 2.52. The SMILES string of the molecule is O=C(Cc1cccc(OC(F)(F)F)c1)N1CCOc2cc(Br)ccc21. The lowest BCUT2D eigenvalue weighted by atomic mass is 10.1. The van der Waals surface area contributed by atoms with Gasteiger partial charge in [-0.3, -0.25) is 4.79 Å². The molecule has 0 spiro atoms. The van der Waals surface area contributed by atoms with Gasteiger partial charge < -0.3 is 14.4 Å². The predicted molar refractivity (Wildman–Crippen MR) is 88.8 cm³/mol. The summed E-state index contributed by atoms with van der Waals surface area (Å²) in [7, 11) is 0. The van der Waals surface area contributed by atoms with Crippen LogP contribution in [-0.4, -0.2) is 25.4 Å². The van der Waals surface area contributed by atoms with Crippen molar-refractivity contribution < 1.29 is 27.4 Å². The van der Waals surface area contributed by atoms with Crippen LogP contribution in [0.3, 0.4) is 0 Å². The first-order chi connectivity index (χ1) is 11.8. The van der Waals surface area contributed by atoms with Gasteiger partial charge in [0, 0.05) is 4.47 Å². The molecule has 8 heteroatoms. The molecule has 2 aromatic carbocycles. The lowest BCUT2D eigenvalue weighted by molar-refractivity contribution is -0.274. The van der Waals surface area contributed by atoms with Crippen LogP contribution < -0.4 is 14.4 Å². The molecule has 0 N–H and O–H groups in total. The number of fused-ring (bicyclic) bond motifs is 1. The minimum atomic E-state index is -4.76. The van der Waals surface area contributed by atoms with E-state index in [0.717, 1.165) is 4.47 Å². The molecule has 1 amide bonds. The van der Waals surface area contributed by atoms with Gasteiger partial charge in [-0.25, -0.2) is 0 Å². The zero-order valence-electron chi connectivity index (χ0n) is 12.8. The molecule has 0 fully saturated rings. The van der Waals surface area contributed by atoms with E-state index >= 15 is 0 Å². The van der Waals surface area contributed by atoms with Crippen molar-refractivity contribution in [3.05, 3.63) is 52.5 Å². The molecule has 0 bridgehead atoms. The van der Waals surface area contributed by atoms with Crippen LogP contribution in [0.2, 0.25) is 0 Å². The summed E-state index contributed by atoms with van der Waals surface area (Å²) >= 11 is 3.34. The van der Waals surface area contributed by atoms with Gasteiger partial charge in [-0.1, -0.05) is 28.1 Å². The van der Waals surface area contributed by atoms with Crippen molar-refractivity contribution in [1.82, 2.24) is 0 Å². The second-order valence-electron chi connectivity index (χ2n) is 5.38. The van der Waals surface area contributed by atoms with Gasteiger partial charge in [0.1, 0.15) is 18.1 Å². The third kappa shape index (κ3) is 4.45. The van der Waals surface area contributed by atoms with Gasteiger partial charge in [-0.05, 0) is 35.9 Å². The zero-order chi connectivity index (χ0) is 18.0. The summed E-state index contributed by atoms with van der Waals surface area (Å²) < 4.78 is 47.2. The van der Waals surface area contributed by atoms with Crippen molar-refractivity contribution in [3.8, 4) is 11.5 Å². The van der Waals surface area contributed by atoms with Gasteiger partial charge >= 0.3 is 6.36 Å². The molecule has 1 heterocycles.